The van der Waals surface area contributed by atoms with Crippen LogP contribution in [0.2, 0.25) is 0 Å². The Hall–Kier alpha value is -5.12. The van der Waals surface area contributed by atoms with Gasteiger partial charge in [0.05, 0.1) is 13.0 Å². The van der Waals surface area contributed by atoms with Crippen molar-refractivity contribution in [2.45, 2.75) is 24.9 Å². The van der Waals surface area contributed by atoms with Crippen LogP contribution >= 0.6 is 0 Å². The van der Waals surface area contributed by atoms with E-state index in [1.807, 2.05) is 84.9 Å². The van der Waals surface area contributed by atoms with Gasteiger partial charge in [-0.2, -0.15) is 13.2 Å². The molecule has 0 saturated carbocycles. The largest absolute Gasteiger partial charge is 0.493 e. The number of aromatic nitrogens is 2. The minimum absolute atomic E-state index is 0.467. The number of halogens is 3. The van der Waals surface area contributed by atoms with Crippen molar-refractivity contribution in [3.05, 3.63) is 115 Å². The third kappa shape index (κ3) is 7.59. The first kappa shape index (κ1) is 29.4. The molecule has 0 aliphatic heterocycles. The number of hydrogen-bond donors (Lipinski definition) is 2. The molecule has 220 valence electrons. The fourth-order valence-electron chi connectivity index (χ4n) is 4.77. The Balaban J connectivity index is 1.33. The molecule has 0 spiro atoms. The van der Waals surface area contributed by atoms with Crippen LogP contribution in [-0.2, 0) is 14.3 Å². The Bertz CT molecular complexity index is 1670. The number of H-pyrrole nitrogens is 1. The Labute approximate surface area is 245 Å². The molecule has 0 saturated heterocycles. The van der Waals surface area contributed by atoms with E-state index >= 15 is 0 Å². The highest BCUT2D eigenvalue weighted by Gasteiger charge is 2.42. The maximum absolute atomic E-state index is 12.8. The number of alkyl halides is 3. The van der Waals surface area contributed by atoms with Crippen LogP contribution in [0.4, 0.5) is 19.0 Å². The summed E-state index contributed by atoms with van der Waals surface area (Å²) in [4.78, 5) is 31.3. The standard InChI is InChI=1S/C33H28F3N3O4/c34-33(35,36)32(41)43-31(40)20-27(24-12-10-23(11-13-24)22-7-2-1-3-8-22)28-21-39-29-19-25(14-15-26(28)29)42-18-6-17-38-30-9-4-5-16-37-30/h1-5,7-16,19,21,27,39H,6,17-18,20H2,(H,37,38). The molecule has 5 aromatic rings. The smallest absolute Gasteiger partial charge is 0.491 e. The van der Waals surface area contributed by atoms with Gasteiger partial charge in [0, 0.05) is 41.8 Å². The molecule has 0 radical (unpaired) electrons. The van der Waals surface area contributed by atoms with E-state index in [4.69, 9.17) is 4.74 Å². The number of benzene rings is 3. The number of rotatable bonds is 11. The van der Waals surface area contributed by atoms with E-state index in [1.165, 1.54) is 0 Å². The number of anilines is 1. The van der Waals surface area contributed by atoms with Crippen LogP contribution < -0.4 is 10.1 Å². The van der Waals surface area contributed by atoms with Gasteiger partial charge in [-0.25, -0.2) is 9.78 Å². The zero-order valence-electron chi connectivity index (χ0n) is 22.9. The van der Waals surface area contributed by atoms with E-state index in [2.05, 4.69) is 20.0 Å². The van der Waals surface area contributed by atoms with Crippen LogP contribution in [0.1, 0.15) is 29.9 Å². The number of carbonyl (C=O) groups excluding carboxylic acids is 2. The van der Waals surface area contributed by atoms with E-state index in [0.717, 1.165) is 34.3 Å². The predicted molar refractivity (Wildman–Crippen MR) is 157 cm³/mol. The third-order valence-corrected chi connectivity index (χ3v) is 6.85. The number of fused-ring (bicyclic) bond motifs is 1. The van der Waals surface area contributed by atoms with Crippen molar-refractivity contribution >= 4 is 28.7 Å². The first-order valence-electron chi connectivity index (χ1n) is 13.6. The number of hydrogen-bond acceptors (Lipinski definition) is 6. The van der Waals surface area contributed by atoms with Crippen molar-refractivity contribution in [3.63, 3.8) is 0 Å². The quantitative estimate of drug-likeness (QED) is 0.0960. The summed E-state index contributed by atoms with van der Waals surface area (Å²) in [6.45, 7) is 1.15. The van der Waals surface area contributed by atoms with Gasteiger partial charge in [-0.3, -0.25) is 4.79 Å². The molecule has 1 atom stereocenters. The summed E-state index contributed by atoms with van der Waals surface area (Å²) in [6, 6.07) is 28.2. The molecule has 7 nitrogen and oxygen atoms in total. The lowest BCUT2D eigenvalue weighted by Gasteiger charge is -2.17. The van der Waals surface area contributed by atoms with Crippen LogP contribution in [-0.4, -0.2) is 41.2 Å². The summed E-state index contributed by atoms with van der Waals surface area (Å²) in [5, 5.41) is 3.98. The van der Waals surface area contributed by atoms with Gasteiger partial charge in [-0.1, -0.05) is 60.7 Å². The first-order chi connectivity index (χ1) is 20.8. The maximum atomic E-state index is 12.8. The van der Waals surface area contributed by atoms with Gasteiger partial charge in [0.25, 0.3) is 0 Å². The molecular formula is C33H28F3N3O4. The lowest BCUT2D eigenvalue weighted by atomic mass is 9.87. The molecule has 2 N–H and O–H groups in total. The highest BCUT2D eigenvalue weighted by Crippen LogP contribution is 2.36. The van der Waals surface area contributed by atoms with Crippen molar-refractivity contribution in [2.75, 3.05) is 18.5 Å². The summed E-state index contributed by atoms with van der Waals surface area (Å²) in [7, 11) is 0. The number of nitrogens with one attached hydrogen (secondary N) is 2. The molecule has 1 unspecified atom stereocenters. The van der Waals surface area contributed by atoms with E-state index in [0.29, 0.717) is 30.0 Å². The van der Waals surface area contributed by atoms with E-state index < -0.39 is 30.5 Å². The molecular weight excluding hydrogens is 559 g/mol. The molecule has 0 aliphatic carbocycles. The SMILES string of the molecule is O=C(CC(c1ccc(-c2ccccc2)cc1)c1c[nH]c2cc(OCCCNc3ccccn3)ccc12)OC(=O)C(F)(F)F. The summed E-state index contributed by atoms with van der Waals surface area (Å²) in [5.41, 5.74) is 4.01. The molecule has 0 aliphatic rings. The minimum atomic E-state index is -5.27. The topological polar surface area (TPSA) is 93.3 Å². The van der Waals surface area contributed by atoms with Gasteiger partial charge < -0.3 is 19.8 Å². The summed E-state index contributed by atoms with van der Waals surface area (Å²) >= 11 is 0. The van der Waals surface area contributed by atoms with Gasteiger partial charge in [-0.15, -0.1) is 0 Å². The molecule has 0 amide bonds. The van der Waals surface area contributed by atoms with Crippen molar-refractivity contribution in [1.82, 2.24) is 9.97 Å². The molecule has 2 aromatic heterocycles. The van der Waals surface area contributed by atoms with Crippen LogP contribution in [0.5, 0.6) is 5.75 Å². The van der Waals surface area contributed by atoms with Crippen molar-refractivity contribution in [3.8, 4) is 16.9 Å². The average Bonchev–Trinajstić information content (AvgIpc) is 3.43. The van der Waals surface area contributed by atoms with Crippen LogP contribution in [0.15, 0.2) is 103 Å². The molecule has 2 heterocycles. The van der Waals surface area contributed by atoms with Crippen LogP contribution in [0.25, 0.3) is 22.0 Å². The molecule has 10 heteroatoms. The Morgan fingerprint density at radius 1 is 0.907 bits per heavy atom. The summed E-state index contributed by atoms with van der Waals surface area (Å²) < 4.78 is 48.3. The third-order valence-electron chi connectivity index (χ3n) is 6.85. The Kier molecular flexibility index (Phi) is 9.05. The lowest BCUT2D eigenvalue weighted by molar-refractivity contribution is -0.201. The second-order valence-electron chi connectivity index (χ2n) is 9.80. The number of aromatic amines is 1. The fourth-order valence-corrected chi connectivity index (χ4v) is 4.77. The monoisotopic (exact) mass is 587 g/mol. The molecule has 3 aromatic carbocycles. The Morgan fingerprint density at radius 2 is 1.65 bits per heavy atom. The van der Waals surface area contributed by atoms with Gasteiger partial charge in [0.15, 0.2) is 0 Å². The lowest BCUT2D eigenvalue weighted by Crippen LogP contribution is -2.28. The van der Waals surface area contributed by atoms with Gasteiger partial charge in [-0.05, 0) is 52.9 Å². The number of pyridine rings is 1. The summed E-state index contributed by atoms with van der Waals surface area (Å²) in [5.74, 6) is -3.06. The first-order valence-corrected chi connectivity index (χ1v) is 13.6. The molecule has 0 bridgehead atoms. The highest BCUT2D eigenvalue weighted by atomic mass is 19.4. The number of carbonyl (C=O) groups is 2. The van der Waals surface area contributed by atoms with Gasteiger partial charge in [0.2, 0.25) is 0 Å². The predicted octanol–water partition coefficient (Wildman–Crippen LogP) is 7.27. The highest BCUT2D eigenvalue weighted by molar-refractivity contribution is 5.90. The molecule has 0 fully saturated rings. The van der Waals surface area contributed by atoms with E-state index in [1.54, 1.807) is 18.5 Å². The second-order valence-corrected chi connectivity index (χ2v) is 9.80. The van der Waals surface area contributed by atoms with Gasteiger partial charge in [0.1, 0.15) is 11.6 Å². The van der Waals surface area contributed by atoms with Crippen molar-refractivity contribution in [1.29, 1.82) is 0 Å². The minimum Gasteiger partial charge on any atom is -0.493 e. The maximum Gasteiger partial charge on any atom is 0.491 e. The van der Waals surface area contributed by atoms with E-state index in [-0.39, 0.29) is 0 Å². The van der Waals surface area contributed by atoms with Crippen molar-refractivity contribution in [2.24, 2.45) is 0 Å². The van der Waals surface area contributed by atoms with Crippen LogP contribution in [0.3, 0.4) is 0 Å². The zero-order valence-corrected chi connectivity index (χ0v) is 22.9. The average molecular weight is 588 g/mol. The number of ether oxygens (including phenoxy) is 2. The Morgan fingerprint density at radius 3 is 2.37 bits per heavy atom. The fraction of sp³-hybridized carbons (Fsp3) is 0.182. The summed E-state index contributed by atoms with van der Waals surface area (Å²) in [6.07, 6.45) is -1.58. The van der Waals surface area contributed by atoms with E-state index in [9.17, 15) is 22.8 Å². The normalized spacial score (nSPS) is 12.1. The zero-order chi connectivity index (χ0) is 30.2. The van der Waals surface area contributed by atoms with Crippen LogP contribution in [0, 0.1) is 0 Å². The second kappa shape index (κ2) is 13.2. The van der Waals surface area contributed by atoms with Crippen molar-refractivity contribution < 1.29 is 32.2 Å². The molecule has 43 heavy (non-hydrogen) atoms. The molecule has 5 rings (SSSR count). The number of nitrogens with zero attached hydrogens (tertiary/aromatic N) is 1. The van der Waals surface area contributed by atoms with Gasteiger partial charge >= 0.3 is 18.1 Å². The number of esters is 2.